The molecule has 1 saturated carbocycles. The lowest BCUT2D eigenvalue weighted by Crippen LogP contribution is -2.31. The molecule has 0 saturated heterocycles. The van der Waals surface area contributed by atoms with Gasteiger partial charge >= 0.3 is 0 Å². The quantitative estimate of drug-likeness (QED) is 0.895. The Morgan fingerprint density at radius 2 is 1.76 bits per heavy atom. The second-order valence-corrected chi connectivity index (χ2v) is 5.86. The summed E-state index contributed by atoms with van der Waals surface area (Å²) in [5.74, 6) is 1.57. The molecule has 1 aromatic carbocycles. The van der Waals surface area contributed by atoms with Crippen molar-refractivity contribution >= 4 is 5.69 Å². The average Bonchev–Trinajstić information content (AvgIpc) is 2.57. The molecule has 2 atom stereocenters. The minimum absolute atomic E-state index is 0.579. The molecule has 1 fully saturated rings. The Hall–Kier alpha value is -1.90. The highest BCUT2D eigenvalue weighted by molar-refractivity contribution is 5.55. The first-order valence-electron chi connectivity index (χ1n) is 8.01. The minimum Gasteiger partial charge on any atom is -0.380 e. The number of anilines is 1. The molecule has 3 rings (SSSR count). The maximum atomic E-state index is 4.49. The topological polar surface area (TPSA) is 37.8 Å². The number of hydrogen-bond donors (Lipinski definition) is 1. The van der Waals surface area contributed by atoms with Crippen molar-refractivity contribution in [1.82, 2.24) is 9.97 Å². The molecule has 1 N–H and O–H groups in total. The number of aromatic nitrogens is 2. The van der Waals surface area contributed by atoms with Gasteiger partial charge in [-0.3, -0.25) is 0 Å². The first-order valence-corrected chi connectivity index (χ1v) is 8.01. The molecule has 110 valence electrons. The molecule has 3 nitrogen and oxygen atoms in total. The van der Waals surface area contributed by atoms with Gasteiger partial charge < -0.3 is 5.32 Å². The molecule has 1 aromatic heterocycles. The minimum atomic E-state index is 0.579. The monoisotopic (exact) mass is 281 g/mol. The Bertz CT molecular complexity index is 550. The van der Waals surface area contributed by atoms with Gasteiger partial charge in [0.15, 0.2) is 5.82 Å². The van der Waals surface area contributed by atoms with Crippen LogP contribution in [0.4, 0.5) is 5.69 Å². The Kier molecular flexibility index (Phi) is 4.49. The van der Waals surface area contributed by atoms with Crippen molar-refractivity contribution in [2.45, 2.75) is 45.1 Å². The van der Waals surface area contributed by atoms with Crippen molar-refractivity contribution in [2.75, 3.05) is 5.32 Å². The van der Waals surface area contributed by atoms with E-state index in [9.17, 15) is 0 Å². The number of rotatable bonds is 4. The molecule has 0 radical (unpaired) electrons. The van der Waals surface area contributed by atoms with Crippen LogP contribution in [0.2, 0.25) is 0 Å². The van der Waals surface area contributed by atoms with Crippen molar-refractivity contribution in [3.8, 4) is 11.4 Å². The predicted molar refractivity (Wildman–Crippen MR) is 87.1 cm³/mol. The van der Waals surface area contributed by atoms with E-state index in [2.05, 4.69) is 22.2 Å². The molecule has 0 amide bonds. The van der Waals surface area contributed by atoms with Crippen LogP contribution in [0.15, 0.2) is 42.7 Å². The summed E-state index contributed by atoms with van der Waals surface area (Å²) in [5.41, 5.74) is 2.10. The number of benzene rings is 1. The zero-order chi connectivity index (χ0) is 14.5. The van der Waals surface area contributed by atoms with Gasteiger partial charge in [0.05, 0.1) is 18.1 Å². The summed E-state index contributed by atoms with van der Waals surface area (Å²) in [7, 11) is 0. The fraction of sp³-hybridized carbons (Fsp3) is 0.444. The van der Waals surface area contributed by atoms with Crippen LogP contribution in [0.25, 0.3) is 11.4 Å². The number of hydrogen-bond acceptors (Lipinski definition) is 3. The highest BCUT2D eigenvalue weighted by Crippen LogP contribution is 2.29. The predicted octanol–water partition coefficient (Wildman–Crippen LogP) is 4.52. The van der Waals surface area contributed by atoms with Crippen molar-refractivity contribution in [3.63, 3.8) is 0 Å². The highest BCUT2D eigenvalue weighted by Gasteiger charge is 2.23. The van der Waals surface area contributed by atoms with Crippen LogP contribution >= 0.6 is 0 Å². The third kappa shape index (κ3) is 3.41. The lowest BCUT2D eigenvalue weighted by molar-refractivity contribution is 0.317. The second kappa shape index (κ2) is 6.70. The van der Waals surface area contributed by atoms with Crippen LogP contribution in [-0.2, 0) is 0 Å². The number of nitrogens with one attached hydrogen (secondary N) is 1. The van der Waals surface area contributed by atoms with Gasteiger partial charge in [-0.15, -0.1) is 0 Å². The van der Waals surface area contributed by atoms with E-state index in [1.54, 1.807) is 0 Å². The van der Waals surface area contributed by atoms with E-state index in [-0.39, 0.29) is 0 Å². The Morgan fingerprint density at radius 1 is 1.05 bits per heavy atom. The Balaban J connectivity index is 1.69. The van der Waals surface area contributed by atoms with Crippen molar-refractivity contribution < 1.29 is 0 Å². The lowest BCUT2D eigenvalue weighted by atomic mass is 9.83. The summed E-state index contributed by atoms with van der Waals surface area (Å²) in [5, 5.41) is 3.64. The van der Waals surface area contributed by atoms with E-state index in [1.165, 1.54) is 32.1 Å². The van der Waals surface area contributed by atoms with Crippen LogP contribution in [0.3, 0.4) is 0 Å². The maximum Gasteiger partial charge on any atom is 0.159 e. The lowest BCUT2D eigenvalue weighted by Gasteiger charge is -2.32. The maximum absolute atomic E-state index is 4.49. The van der Waals surface area contributed by atoms with Gasteiger partial charge in [0.2, 0.25) is 0 Å². The summed E-state index contributed by atoms with van der Waals surface area (Å²) in [6.45, 7) is 2.29. The number of nitrogens with zero attached hydrogens (tertiary/aromatic N) is 2. The molecule has 1 heterocycles. The van der Waals surface area contributed by atoms with E-state index in [1.807, 2.05) is 42.7 Å². The van der Waals surface area contributed by atoms with Gasteiger partial charge in [0.1, 0.15) is 0 Å². The average molecular weight is 281 g/mol. The summed E-state index contributed by atoms with van der Waals surface area (Å²) < 4.78 is 0. The smallest absolute Gasteiger partial charge is 0.159 e. The fourth-order valence-electron chi connectivity index (χ4n) is 3.24. The zero-order valence-corrected chi connectivity index (χ0v) is 12.6. The van der Waals surface area contributed by atoms with Crippen LogP contribution in [0, 0.1) is 5.92 Å². The van der Waals surface area contributed by atoms with E-state index in [0.717, 1.165) is 23.0 Å². The van der Waals surface area contributed by atoms with E-state index in [0.29, 0.717) is 6.04 Å². The largest absolute Gasteiger partial charge is 0.380 e. The molecular weight excluding hydrogens is 258 g/mol. The zero-order valence-electron chi connectivity index (χ0n) is 12.6. The normalized spacial score (nSPS) is 22.0. The molecule has 0 spiro atoms. The van der Waals surface area contributed by atoms with Gasteiger partial charge in [-0.25, -0.2) is 9.97 Å². The van der Waals surface area contributed by atoms with Crippen molar-refractivity contribution in [1.29, 1.82) is 0 Å². The SMILES string of the molecule is CCC1CCCCC1Nc1cnc(-c2ccccc2)nc1. The van der Waals surface area contributed by atoms with Gasteiger partial charge in [-0.1, -0.05) is 56.5 Å². The first kappa shape index (κ1) is 14.1. The molecule has 0 aliphatic heterocycles. The summed E-state index contributed by atoms with van der Waals surface area (Å²) >= 11 is 0. The third-order valence-electron chi connectivity index (χ3n) is 4.47. The second-order valence-electron chi connectivity index (χ2n) is 5.86. The van der Waals surface area contributed by atoms with Crippen molar-refractivity contribution in [3.05, 3.63) is 42.7 Å². The molecule has 21 heavy (non-hydrogen) atoms. The van der Waals surface area contributed by atoms with E-state index >= 15 is 0 Å². The molecule has 1 aliphatic rings. The molecule has 0 bridgehead atoms. The van der Waals surface area contributed by atoms with Gasteiger partial charge in [-0.05, 0) is 18.8 Å². The molecule has 2 unspecified atom stereocenters. The standard InChI is InChI=1S/C18H23N3/c1-2-14-8-6-7-11-17(14)21-16-12-19-18(20-13-16)15-9-4-3-5-10-15/h3-5,9-10,12-14,17,21H,2,6-8,11H2,1H3. The third-order valence-corrected chi connectivity index (χ3v) is 4.47. The summed E-state index contributed by atoms with van der Waals surface area (Å²) in [6, 6.07) is 10.7. The molecular formula is C18H23N3. The Morgan fingerprint density at radius 3 is 2.48 bits per heavy atom. The molecule has 3 heteroatoms. The van der Waals surface area contributed by atoms with E-state index < -0.39 is 0 Å². The van der Waals surface area contributed by atoms with Gasteiger partial charge in [0.25, 0.3) is 0 Å². The Labute approximate surface area is 126 Å². The first-order chi connectivity index (χ1) is 10.4. The molecule has 1 aliphatic carbocycles. The van der Waals surface area contributed by atoms with Crippen LogP contribution in [0.5, 0.6) is 0 Å². The van der Waals surface area contributed by atoms with Crippen LogP contribution in [0.1, 0.15) is 39.0 Å². The summed E-state index contributed by atoms with van der Waals surface area (Å²) in [4.78, 5) is 8.98. The molecule has 2 aromatic rings. The summed E-state index contributed by atoms with van der Waals surface area (Å²) in [6.07, 6.45) is 10.4. The van der Waals surface area contributed by atoms with Crippen LogP contribution in [-0.4, -0.2) is 16.0 Å². The van der Waals surface area contributed by atoms with Gasteiger partial charge in [0, 0.05) is 11.6 Å². The highest BCUT2D eigenvalue weighted by atomic mass is 15.0. The fourth-order valence-corrected chi connectivity index (χ4v) is 3.24. The van der Waals surface area contributed by atoms with E-state index in [4.69, 9.17) is 0 Å². The van der Waals surface area contributed by atoms with Gasteiger partial charge in [-0.2, -0.15) is 0 Å². The van der Waals surface area contributed by atoms with Crippen LogP contribution < -0.4 is 5.32 Å². The van der Waals surface area contributed by atoms with Crippen molar-refractivity contribution in [2.24, 2.45) is 5.92 Å².